The fraction of sp³-hybridized carbons (Fsp3) is 0.222. The number of halogens is 1. The maximum absolute atomic E-state index is 11.5. The molecule has 0 aliphatic rings. The van der Waals surface area contributed by atoms with Gasteiger partial charge in [0.1, 0.15) is 4.47 Å². The van der Waals surface area contributed by atoms with E-state index < -0.39 is 4.92 Å². The Kier molecular flexibility index (Phi) is 3.79. The predicted molar refractivity (Wildman–Crippen MR) is 58.8 cm³/mol. The Balaban J connectivity index is 3.15. The van der Waals surface area contributed by atoms with E-state index in [2.05, 4.69) is 21.2 Å². The molecule has 1 aromatic carbocycles. The first kappa shape index (κ1) is 11.6. The summed E-state index contributed by atoms with van der Waals surface area (Å²) < 4.78 is 0.209. The molecular formula is C9H9BrN2O3. The molecule has 0 aromatic heterocycles. The summed E-state index contributed by atoms with van der Waals surface area (Å²) in [6, 6.07) is 4.35. The highest BCUT2D eigenvalue weighted by Gasteiger charge is 2.18. The van der Waals surface area contributed by atoms with Gasteiger partial charge in [-0.05, 0) is 28.9 Å². The second kappa shape index (κ2) is 4.88. The van der Waals surface area contributed by atoms with Crippen molar-refractivity contribution < 1.29 is 9.72 Å². The molecular weight excluding hydrogens is 264 g/mol. The van der Waals surface area contributed by atoms with E-state index >= 15 is 0 Å². The summed E-state index contributed by atoms with van der Waals surface area (Å²) in [7, 11) is 0. The van der Waals surface area contributed by atoms with E-state index in [-0.39, 0.29) is 21.6 Å². The molecule has 0 atom stereocenters. The van der Waals surface area contributed by atoms with Gasteiger partial charge in [-0.2, -0.15) is 0 Å². The lowest BCUT2D eigenvalue weighted by atomic mass is 10.2. The SMILES string of the molecule is CCNC(=O)c1cccc([N+](=O)[O-])c1Br. The molecule has 0 saturated heterocycles. The van der Waals surface area contributed by atoms with E-state index in [4.69, 9.17) is 0 Å². The van der Waals surface area contributed by atoms with Crippen molar-refractivity contribution in [2.24, 2.45) is 0 Å². The number of nitrogens with one attached hydrogen (secondary N) is 1. The highest BCUT2D eigenvalue weighted by Crippen LogP contribution is 2.27. The Morgan fingerprint density at radius 3 is 2.80 bits per heavy atom. The van der Waals surface area contributed by atoms with Gasteiger partial charge in [-0.3, -0.25) is 14.9 Å². The third-order valence-corrected chi connectivity index (χ3v) is 2.59. The summed E-state index contributed by atoms with van der Waals surface area (Å²) in [6.45, 7) is 2.26. The number of nitro benzene ring substituents is 1. The zero-order valence-corrected chi connectivity index (χ0v) is 9.58. The van der Waals surface area contributed by atoms with Crippen molar-refractivity contribution >= 4 is 27.5 Å². The Bertz CT molecular complexity index is 406. The number of carbonyl (C=O) groups excluding carboxylic acids is 1. The summed E-state index contributed by atoms with van der Waals surface area (Å²) in [6.07, 6.45) is 0. The van der Waals surface area contributed by atoms with Crippen molar-refractivity contribution in [1.82, 2.24) is 5.32 Å². The van der Waals surface area contributed by atoms with Gasteiger partial charge in [0.15, 0.2) is 0 Å². The molecule has 80 valence electrons. The van der Waals surface area contributed by atoms with Gasteiger partial charge in [0.05, 0.1) is 10.5 Å². The fourth-order valence-corrected chi connectivity index (χ4v) is 1.68. The first-order valence-corrected chi connectivity index (χ1v) is 5.08. The normalized spacial score (nSPS) is 9.73. The van der Waals surface area contributed by atoms with Crippen LogP contribution in [-0.4, -0.2) is 17.4 Å². The number of hydrogen-bond donors (Lipinski definition) is 1. The van der Waals surface area contributed by atoms with Gasteiger partial charge in [0.2, 0.25) is 0 Å². The van der Waals surface area contributed by atoms with Crippen LogP contribution in [0.1, 0.15) is 17.3 Å². The van der Waals surface area contributed by atoms with Crippen LogP contribution in [0.5, 0.6) is 0 Å². The van der Waals surface area contributed by atoms with E-state index in [1.54, 1.807) is 6.92 Å². The van der Waals surface area contributed by atoms with Crippen molar-refractivity contribution in [2.45, 2.75) is 6.92 Å². The van der Waals surface area contributed by atoms with Crippen LogP contribution in [0, 0.1) is 10.1 Å². The van der Waals surface area contributed by atoms with E-state index in [1.165, 1.54) is 18.2 Å². The number of nitro groups is 1. The maximum atomic E-state index is 11.5. The molecule has 1 aromatic rings. The summed E-state index contributed by atoms with van der Waals surface area (Å²) >= 11 is 3.05. The van der Waals surface area contributed by atoms with Crippen LogP contribution in [0.2, 0.25) is 0 Å². The van der Waals surface area contributed by atoms with Crippen molar-refractivity contribution in [3.63, 3.8) is 0 Å². The summed E-state index contributed by atoms with van der Waals surface area (Å²) in [5, 5.41) is 13.2. The molecule has 1 rings (SSSR count). The standard InChI is InChI=1S/C9H9BrN2O3/c1-2-11-9(13)6-4-3-5-7(8(6)10)12(14)15/h3-5H,2H2,1H3,(H,11,13). The lowest BCUT2D eigenvalue weighted by Crippen LogP contribution is -2.23. The molecule has 6 heteroatoms. The zero-order valence-electron chi connectivity index (χ0n) is 7.99. The fourth-order valence-electron chi connectivity index (χ4n) is 1.09. The van der Waals surface area contributed by atoms with Crippen LogP contribution in [0.25, 0.3) is 0 Å². The smallest absolute Gasteiger partial charge is 0.284 e. The van der Waals surface area contributed by atoms with Crippen molar-refractivity contribution in [3.05, 3.63) is 38.3 Å². The largest absolute Gasteiger partial charge is 0.352 e. The molecule has 0 aliphatic heterocycles. The van der Waals surface area contributed by atoms with E-state index in [0.29, 0.717) is 6.54 Å². The van der Waals surface area contributed by atoms with Crippen molar-refractivity contribution in [3.8, 4) is 0 Å². The summed E-state index contributed by atoms with van der Waals surface area (Å²) in [5.74, 6) is -0.326. The number of rotatable bonds is 3. The summed E-state index contributed by atoms with van der Waals surface area (Å²) in [4.78, 5) is 21.5. The van der Waals surface area contributed by atoms with Gasteiger partial charge < -0.3 is 5.32 Å². The molecule has 0 aliphatic carbocycles. The summed E-state index contributed by atoms with van der Waals surface area (Å²) in [5.41, 5.74) is 0.157. The third kappa shape index (κ3) is 2.53. The van der Waals surface area contributed by atoms with Crippen LogP contribution < -0.4 is 5.32 Å². The average molecular weight is 273 g/mol. The molecule has 0 bridgehead atoms. The van der Waals surface area contributed by atoms with Crippen molar-refractivity contribution in [2.75, 3.05) is 6.54 Å². The Hall–Kier alpha value is -1.43. The quantitative estimate of drug-likeness (QED) is 0.677. The topological polar surface area (TPSA) is 72.2 Å². The van der Waals surface area contributed by atoms with E-state index in [1.807, 2.05) is 0 Å². The first-order chi connectivity index (χ1) is 7.07. The van der Waals surface area contributed by atoms with Crippen LogP contribution >= 0.6 is 15.9 Å². The van der Waals surface area contributed by atoms with Gasteiger partial charge in [0.25, 0.3) is 11.6 Å². The monoisotopic (exact) mass is 272 g/mol. The van der Waals surface area contributed by atoms with E-state index in [0.717, 1.165) is 0 Å². The van der Waals surface area contributed by atoms with Gasteiger partial charge in [-0.1, -0.05) is 6.07 Å². The Morgan fingerprint density at radius 1 is 1.60 bits per heavy atom. The van der Waals surface area contributed by atoms with Crippen molar-refractivity contribution in [1.29, 1.82) is 0 Å². The Morgan fingerprint density at radius 2 is 2.27 bits per heavy atom. The molecule has 0 spiro atoms. The molecule has 0 radical (unpaired) electrons. The number of carbonyl (C=O) groups is 1. The first-order valence-electron chi connectivity index (χ1n) is 4.29. The lowest BCUT2D eigenvalue weighted by Gasteiger charge is -2.04. The molecule has 0 fully saturated rings. The maximum Gasteiger partial charge on any atom is 0.284 e. The molecule has 1 N–H and O–H groups in total. The number of hydrogen-bond acceptors (Lipinski definition) is 3. The van der Waals surface area contributed by atoms with Gasteiger partial charge in [-0.25, -0.2) is 0 Å². The van der Waals surface area contributed by atoms with E-state index in [9.17, 15) is 14.9 Å². The molecule has 0 heterocycles. The van der Waals surface area contributed by atoms with Crippen LogP contribution in [0.4, 0.5) is 5.69 Å². The highest BCUT2D eigenvalue weighted by atomic mass is 79.9. The second-order valence-corrected chi connectivity index (χ2v) is 3.55. The van der Waals surface area contributed by atoms with Crippen LogP contribution in [0.15, 0.2) is 22.7 Å². The third-order valence-electron chi connectivity index (χ3n) is 1.76. The molecule has 15 heavy (non-hydrogen) atoms. The number of benzene rings is 1. The van der Waals surface area contributed by atoms with Gasteiger partial charge in [-0.15, -0.1) is 0 Å². The lowest BCUT2D eigenvalue weighted by molar-refractivity contribution is -0.385. The van der Waals surface area contributed by atoms with Crippen LogP contribution in [0.3, 0.4) is 0 Å². The minimum Gasteiger partial charge on any atom is -0.352 e. The second-order valence-electron chi connectivity index (χ2n) is 2.76. The molecule has 5 nitrogen and oxygen atoms in total. The molecule has 1 amide bonds. The number of amides is 1. The zero-order chi connectivity index (χ0) is 11.4. The minimum atomic E-state index is -0.535. The van der Waals surface area contributed by atoms with Gasteiger partial charge in [0, 0.05) is 12.6 Å². The minimum absolute atomic E-state index is 0.112. The predicted octanol–water partition coefficient (Wildman–Crippen LogP) is 2.11. The molecule has 0 unspecified atom stereocenters. The van der Waals surface area contributed by atoms with Crippen LogP contribution in [-0.2, 0) is 0 Å². The number of nitrogens with zero attached hydrogens (tertiary/aromatic N) is 1. The Labute approximate surface area is 94.8 Å². The highest BCUT2D eigenvalue weighted by molar-refractivity contribution is 9.10. The average Bonchev–Trinajstić information content (AvgIpc) is 2.17. The van der Waals surface area contributed by atoms with Gasteiger partial charge >= 0.3 is 0 Å². The molecule has 0 saturated carbocycles.